The van der Waals surface area contributed by atoms with E-state index in [1.807, 2.05) is 11.3 Å². The van der Waals surface area contributed by atoms with Crippen LogP contribution in [0.4, 0.5) is 0 Å². The zero-order valence-corrected chi connectivity index (χ0v) is 26.6. The van der Waals surface area contributed by atoms with Gasteiger partial charge in [0.2, 0.25) is 0 Å². The molecule has 0 radical (unpaired) electrons. The normalized spacial score (nSPS) is 12.3. The molecule has 0 amide bonds. The lowest BCUT2D eigenvalue weighted by molar-refractivity contribution is 1.09. The molecule has 4 heterocycles. The Kier molecular flexibility index (Phi) is 5.14. The Bertz CT molecular complexity index is 3080. The zero-order valence-electron chi connectivity index (χ0n) is 24.9. The van der Waals surface area contributed by atoms with Crippen molar-refractivity contribution < 1.29 is 0 Å². The molecule has 0 bridgehead atoms. The molecule has 0 aliphatic heterocycles. The summed E-state index contributed by atoms with van der Waals surface area (Å²) < 4.78 is 6.20. The minimum Gasteiger partial charge on any atom is -0.292 e. The quantitative estimate of drug-likeness (QED) is 0.190. The van der Waals surface area contributed by atoms with Crippen LogP contribution in [0, 0.1) is 0 Å². The molecule has 218 valence electrons. The van der Waals surface area contributed by atoms with Gasteiger partial charge in [-0.3, -0.25) is 4.57 Å². The molecule has 0 N–H and O–H groups in total. The summed E-state index contributed by atoms with van der Waals surface area (Å²) in [5, 5.41) is 11.1. The van der Waals surface area contributed by atoms with Crippen molar-refractivity contribution in [3.63, 3.8) is 0 Å². The van der Waals surface area contributed by atoms with Gasteiger partial charge in [0.05, 0.1) is 11.0 Å². The average Bonchev–Trinajstić information content (AvgIpc) is 3.79. The topological polar surface area (TPSA) is 30.7 Å². The fourth-order valence-corrected chi connectivity index (χ4v) is 9.75. The van der Waals surface area contributed by atoms with Crippen molar-refractivity contribution in [2.75, 3.05) is 0 Å². The van der Waals surface area contributed by atoms with E-state index in [-0.39, 0.29) is 0 Å². The molecule has 0 saturated carbocycles. The maximum atomic E-state index is 5.57. The molecule has 0 saturated heterocycles. The first kappa shape index (κ1) is 25.6. The summed E-state index contributed by atoms with van der Waals surface area (Å²) in [6.07, 6.45) is 0. The van der Waals surface area contributed by atoms with Crippen LogP contribution in [0.2, 0.25) is 0 Å². The molecule has 0 aliphatic rings. The highest BCUT2D eigenvalue weighted by Gasteiger charge is 2.23. The third-order valence-corrected chi connectivity index (χ3v) is 11.9. The maximum absolute atomic E-state index is 5.57. The van der Waals surface area contributed by atoms with E-state index in [2.05, 4.69) is 144 Å². The maximum Gasteiger partial charge on any atom is 0.165 e. The highest BCUT2D eigenvalue weighted by Crippen LogP contribution is 2.44. The Labute approximate surface area is 276 Å². The highest BCUT2D eigenvalue weighted by atomic mass is 32.1. The highest BCUT2D eigenvalue weighted by molar-refractivity contribution is 7.26. The largest absolute Gasteiger partial charge is 0.292 e. The summed E-state index contributed by atoms with van der Waals surface area (Å²) in [4.78, 5) is 12.0. The monoisotopic (exact) mass is 633 g/mol. The van der Waals surface area contributed by atoms with E-state index in [1.165, 1.54) is 57.2 Å². The first-order valence-corrected chi connectivity index (χ1v) is 17.4. The molecule has 0 spiro atoms. The standard InChI is InChI=1S/C42H23N3S2/c1-3-13-26-24(10-1)12-9-17-29(26)38-41(43-39-31-16-6-8-19-36(31)47-42(39)44-38)45-34-18-7-5-15-28(34)32-23-37-33(22-35(32)45)30-21-20-25-11-2-4-14-27(25)40(30)46-37/h1-23H. The molecule has 11 aromatic rings. The van der Waals surface area contributed by atoms with E-state index in [0.717, 1.165) is 43.8 Å². The molecule has 0 unspecified atom stereocenters. The molecule has 0 fully saturated rings. The Morgan fingerprint density at radius 2 is 1.17 bits per heavy atom. The second-order valence-electron chi connectivity index (χ2n) is 12.2. The molecule has 47 heavy (non-hydrogen) atoms. The first-order valence-electron chi connectivity index (χ1n) is 15.8. The number of benzene rings is 7. The van der Waals surface area contributed by atoms with Crippen molar-refractivity contribution in [2.45, 2.75) is 0 Å². The van der Waals surface area contributed by atoms with E-state index in [4.69, 9.17) is 9.97 Å². The SMILES string of the molecule is c1ccc2c(-c3nc4sc5ccccc5c4nc3-n3c4ccccc4c4cc5sc6c7ccccc7ccc6c5cc43)cccc2c1. The molecule has 7 aromatic carbocycles. The lowest BCUT2D eigenvalue weighted by atomic mass is 10.0. The summed E-state index contributed by atoms with van der Waals surface area (Å²) in [6.45, 7) is 0. The number of thiophene rings is 2. The predicted octanol–water partition coefficient (Wildman–Crippen LogP) is 12.3. The Hall–Kier alpha value is -5.62. The van der Waals surface area contributed by atoms with Gasteiger partial charge in [0.1, 0.15) is 16.0 Å². The van der Waals surface area contributed by atoms with Crippen molar-refractivity contribution in [1.82, 2.24) is 14.5 Å². The van der Waals surface area contributed by atoms with Crippen LogP contribution in [0.1, 0.15) is 0 Å². The minimum absolute atomic E-state index is 0.855. The Morgan fingerprint density at radius 1 is 0.447 bits per heavy atom. The van der Waals surface area contributed by atoms with E-state index in [0.29, 0.717) is 0 Å². The van der Waals surface area contributed by atoms with Crippen molar-refractivity contribution in [3.05, 3.63) is 140 Å². The van der Waals surface area contributed by atoms with Gasteiger partial charge < -0.3 is 0 Å². The summed E-state index contributed by atoms with van der Waals surface area (Å²) in [5.74, 6) is 0.855. The van der Waals surface area contributed by atoms with Gasteiger partial charge >= 0.3 is 0 Å². The van der Waals surface area contributed by atoms with E-state index >= 15 is 0 Å². The van der Waals surface area contributed by atoms with Gasteiger partial charge in [-0.2, -0.15) is 0 Å². The average molecular weight is 634 g/mol. The van der Waals surface area contributed by atoms with Gasteiger partial charge in [-0.15, -0.1) is 22.7 Å². The number of nitrogens with zero attached hydrogens (tertiary/aromatic N) is 3. The van der Waals surface area contributed by atoms with E-state index in [1.54, 1.807) is 11.3 Å². The van der Waals surface area contributed by atoms with Crippen LogP contribution in [-0.4, -0.2) is 14.5 Å². The number of aromatic nitrogens is 3. The second kappa shape index (κ2) is 9.46. The number of fused-ring (bicyclic) bond motifs is 12. The molecule has 0 atom stereocenters. The molecule has 3 nitrogen and oxygen atoms in total. The lowest BCUT2D eigenvalue weighted by Gasteiger charge is -2.14. The summed E-state index contributed by atoms with van der Waals surface area (Å²) >= 11 is 3.60. The minimum atomic E-state index is 0.855. The van der Waals surface area contributed by atoms with Gasteiger partial charge in [0.15, 0.2) is 5.82 Å². The first-order chi connectivity index (χ1) is 23.3. The summed E-state index contributed by atoms with van der Waals surface area (Å²) in [6, 6.07) is 50.4. The fraction of sp³-hybridized carbons (Fsp3) is 0. The second-order valence-corrected chi connectivity index (χ2v) is 14.2. The molecular formula is C42H23N3S2. The van der Waals surface area contributed by atoms with Gasteiger partial charge in [-0.05, 0) is 45.8 Å². The molecule has 0 aliphatic carbocycles. The van der Waals surface area contributed by atoms with Gasteiger partial charge in [0.25, 0.3) is 0 Å². The molecular weight excluding hydrogens is 611 g/mol. The zero-order chi connectivity index (χ0) is 30.6. The van der Waals surface area contributed by atoms with Gasteiger partial charge in [0, 0.05) is 46.6 Å². The third kappa shape index (κ3) is 3.55. The van der Waals surface area contributed by atoms with Crippen LogP contribution >= 0.6 is 22.7 Å². The summed E-state index contributed by atoms with van der Waals surface area (Å²) in [7, 11) is 0. The molecule has 5 heteroatoms. The van der Waals surface area contributed by atoms with Crippen LogP contribution in [-0.2, 0) is 0 Å². The Morgan fingerprint density at radius 3 is 2.06 bits per heavy atom. The smallest absolute Gasteiger partial charge is 0.165 e. The number of hydrogen-bond donors (Lipinski definition) is 0. The number of hydrogen-bond acceptors (Lipinski definition) is 4. The van der Waals surface area contributed by atoms with Crippen LogP contribution in [0.15, 0.2) is 140 Å². The third-order valence-electron chi connectivity index (χ3n) is 9.61. The van der Waals surface area contributed by atoms with Crippen molar-refractivity contribution in [2.24, 2.45) is 0 Å². The van der Waals surface area contributed by atoms with Gasteiger partial charge in [-0.1, -0.05) is 115 Å². The van der Waals surface area contributed by atoms with Crippen LogP contribution in [0.5, 0.6) is 0 Å². The predicted molar refractivity (Wildman–Crippen MR) is 203 cm³/mol. The fourth-order valence-electron chi connectivity index (χ4n) is 7.48. The van der Waals surface area contributed by atoms with Crippen molar-refractivity contribution in [1.29, 1.82) is 0 Å². The number of para-hydroxylation sites is 1. The Balaban J connectivity index is 1.32. The van der Waals surface area contributed by atoms with E-state index < -0.39 is 0 Å². The van der Waals surface area contributed by atoms with E-state index in [9.17, 15) is 0 Å². The molecule has 4 aromatic heterocycles. The van der Waals surface area contributed by atoms with Crippen molar-refractivity contribution in [3.8, 4) is 17.1 Å². The van der Waals surface area contributed by atoms with Crippen LogP contribution in [0.25, 0.3) is 101 Å². The summed E-state index contributed by atoms with van der Waals surface area (Å²) in [5.41, 5.74) is 5.20. The van der Waals surface area contributed by atoms with Gasteiger partial charge in [-0.25, -0.2) is 9.97 Å². The van der Waals surface area contributed by atoms with Crippen LogP contribution < -0.4 is 0 Å². The van der Waals surface area contributed by atoms with Crippen LogP contribution in [0.3, 0.4) is 0 Å². The number of rotatable bonds is 2. The lowest BCUT2D eigenvalue weighted by Crippen LogP contribution is -2.03. The van der Waals surface area contributed by atoms with Crippen molar-refractivity contribution >= 4 is 107 Å². The molecule has 11 rings (SSSR count).